The van der Waals surface area contributed by atoms with Crippen LogP contribution in [0.3, 0.4) is 0 Å². The van der Waals surface area contributed by atoms with Crippen LogP contribution in [0, 0.1) is 0 Å². The van der Waals surface area contributed by atoms with Gasteiger partial charge in [0.1, 0.15) is 6.23 Å². The Labute approximate surface area is 431 Å². The van der Waals surface area contributed by atoms with Gasteiger partial charge in [0.15, 0.2) is 16.6 Å². The average molecular weight is 1100 g/mol. The van der Waals surface area contributed by atoms with Crippen LogP contribution < -0.4 is 10.5 Å². The van der Waals surface area contributed by atoms with Crippen molar-refractivity contribution in [2.75, 3.05) is 114 Å². The van der Waals surface area contributed by atoms with Crippen molar-refractivity contribution in [3.05, 3.63) is 66.2 Å². The van der Waals surface area contributed by atoms with Gasteiger partial charge in [-0.05, 0) is 83.0 Å². The molecule has 1 aliphatic heterocycles. The van der Waals surface area contributed by atoms with Crippen molar-refractivity contribution in [3.63, 3.8) is 0 Å². The van der Waals surface area contributed by atoms with E-state index in [0.717, 1.165) is 38.0 Å². The minimum Gasteiger partial charge on any atom is -0.437 e. The number of rotatable bonds is 26. The predicted molar refractivity (Wildman–Crippen MR) is 306 cm³/mol. The molecule has 1 heterocycles. The first kappa shape index (κ1) is 74.9. The number of piperazine rings is 1. The molecule has 0 aliphatic carbocycles. The number of aryl methyl sites for hydroxylation is 1. The van der Waals surface area contributed by atoms with E-state index in [1.54, 1.807) is 40.7 Å². The Balaban J connectivity index is -0.000000391. The van der Waals surface area contributed by atoms with Crippen molar-refractivity contribution in [3.8, 4) is 0 Å². The van der Waals surface area contributed by atoms with Gasteiger partial charge in [0.2, 0.25) is 0 Å². The number of benzene rings is 2. The van der Waals surface area contributed by atoms with Crippen LogP contribution in [0.15, 0.2) is 60.7 Å². The Morgan fingerprint density at radius 1 is 0.609 bits per heavy atom. The molecule has 22 heteroatoms. The van der Waals surface area contributed by atoms with Gasteiger partial charge in [-0.25, -0.2) is 0 Å². The van der Waals surface area contributed by atoms with Crippen molar-refractivity contribution < 1.29 is 58.6 Å². The molecule has 0 saturated carbocycles. The first-order chi connectivity index (χ1) is 31.3. The summed E-state index contributed by atoms with van der Waals surface area (Å²) in [6.07, 6.45) is 3.42. The zero-order chi connectivity index (χ0) is 51.7. The third-order valence-electron chi connectivity index (χ3n) is 10.6. The topological polar surface area (TPSA) is 157 Å². The molecule has 1 aliphatic rings. The number of hydrogen-bond acceptors (Lipinski definition) is 15. The summed E-state index contributed by atoms with van der Waals surface area (Å²) in [4.78, 5) is 2.62. The van der Waals surface area contributed by atoms with Gasteiger partial charge < -0.3 is 68.8 Å². The van der Waals surface area contributed by atoms with E-state index in [0.29, 0.717) is 13.2 Å². The maximum atomic E-state index is 9.14. The summed E-state index contributed by atoms with van der Waals surface area (Å²) < 4.78 is 59.3. The number of aliphatic hydroxyl groups excluding tert-OH is 2. The zero-order valence-electron chi connectivity index (χ0n) is 45.5. The van der Waals surface area contributed by atoms with Gasteiger partial charge in [0, 0.05) is 88.6 Å². The molecule has 0 amide bonds. The number of nitrogens with one attached hydrogen (secondary N) is 1. The molecule has 2 aromatic rings. The molecule has 0 unspecified atom stereocenters. The smallest absolute Gasteiger partial charge is 0.437 e. The molecule has 1 fully saturated rings. The number of aliphatic hydroxyl groups is 2. The van der Waals surface area contributed by atoms with Crippen molar-refractivity contribution in [2.24, 2.45) is 0 Å². The van der Waals surface area contributed by atoms with E-state index in [1.807, 2.05) is 19.5 Å². The van der Waals surface area contributed by atoms with Crippen LogP contribution in [0.25, 0.3) is 0 Å². The highest BCUT2D eigenvalue weighted by Crippen LogP contribution is 2.24. The first-order valence-corrected chi connectivity index (χ1v) is 42.5. The van der Waals surface area contributed by atoms with Crippen LogP contribution >= 0.6 is 0 Å². The maximum absolute atomic E-state index is 9.14. The summed E-state index contributed by atoms with van der Waals surface area (Å²) in [7, 11) is -3.05. The van der Waals surface area contributed by atoms with Crippen molar-refractivity contribution in [2.45, 2.75) is 119 Å². The summed E-state index contributed by atoms with van der Waals surface area (Å²) in [5.74, 6) is 0. The Kier molecular flexibility index (Phi) is 43.2. The summed E-state index contributed by atoms with van der Waals surface area (Å²) in [5.41, 5.74) is 1.41. The van der Waals surface area contributed by atoms with Crippen molar-refractivity contribution in [1.82, 2.24) is 10.2 Å². The Morgan fingerprint density at radius 3 is 1.45 bits per heavy atom. The van der Waals surface area contributed by atoms with E-state index in [9.17, 15) is 0 Å². The van der Waals surface area contributed by atoms with Gasteiger partial charge in [-0.3, -0.25) is 0 Å². The van der Waals surface area contributed by atoms with Crippen LogP contribution in [-0.4, -0.2) is 189 Å². The normalized spacial score (nSPS) is 13.6. The quantitative estimate of drug-likeness (QED) is 0.0611. The highest BCUT2D eigenvalue weighted by atomic mass is 28.5. The van der Waals surface area contributed by atoms with Gasteiger partial charge in [0.05, 0.1) is 27.5 Å². The molecule has 2 aromatic carbocycles. The van der Waals surface area contributed by atoms with Crippen LogP contribution in [0.4, 0.5) is 0 Å². The van der Waals surface area contributed by atoms with Gasteiger partial charge in [0.25, 0.3) is 0 Å². The lowest BCUT2D eigenvalue weighted by molar-refractivity contribution is 0.0759. The highest BCUT2D eigenvalue weighted by Gasteiger charge is 2.43. The SMILES string of the molecule is C.C.CC[Si](OC)(OC)OC.CCc1ccccc1.CO[Si](C)(CO[Si](CO)(OC)OC)OC.C[Si](C)(C)O[Si](C)(C)O[Si](C)(C)CCCOCCO.C[Si](C)(CN1CCNCC1)c1ccccc1. The Bertz CT molecular complexity index is 1430. The number of nitrogens with zero attached hydrogens (tertiary/aromatic N) is 1. The van der Waals surface area contributed by atoms with Gasteiger partial charge in [-0.15, -0.1) is 0 Å². The molecule has 410 valence electrons. The van der Waals surface area contributed by atoms with E-state index in [2.05, 4.69) is 131 Å². The van der Waals surface area contributed by atoms with Gasteiger partial charge in [-0.1, -0.05) is 108 Å². The molecule has 3 rings (SSSR count). The molecule has 0 radical (unpaired) electrons. The summed E-state index contributed by atoms with van der Waals surface area (Å²) in [5, 5.41) is 22.8. The van der Waals surface area contributed by atoms with Gasteiger partial charge in [-0.2, -0.15) is 0 Å². The largest absolute Gasteiger partial charge is 0.527 e. The second-order valence-corrected chi connectivity index (χ2v) is 45.6. The van der Waals surface area contributed by atoms with E-state index in [-0.39, 0.29) is 33.9 Å². The van der Waals surface area contributed by atoms with E-state index < -0.39 is 59.4 Å². The predicted octanol–water partition coefficient (Wildman–Crippen LogP) is 8.28. The Morgan fingerprint density at radius 2 is 1.09 bits per heavy atom. The fourth-order valence-electron chi connectivity index (χ4n) is 6.86. The number of ether oxygens (including phenoxy) is 1. The standard InChI is InChI=1S/C13H22N2Si.C12H32O4Si3.C8H10.C7H20O6Si2.C5H14O3Si.2CH4/c1-16(2,13-6-4-3-5-7-13)12-15-10-8-14-9-11-15;1-17(2,3)15-19(6,7)16-18(4,5)12-8-10-14-11-9-13;1-2-8-6-4-3-5-7-8;1-9-14(5,10-2)7-13-15(6-8,11-3)12-4;1-5-9(6-2,7-3)8-4;;/h3-7,14H,8-12H2,1-2H3;13H,8-12H2,1-7H3;3-7H,2H2,1H3;8H,6-7H2,1-5H3;5H2,1-4H3;2*1H4. The van der Waals surface area contributed by atoms with E-state index in [1.165, 1.54) is 39.0 Å². The van der Waals surface area contributed by atoms with Crippen molar-refractivity contribution >= 4 is 64.6 Å². The molecular weight excluding hydrogens is 997 g/mol. The molecule has 1 saturated heterocycles. The lowest BCUT2D eigenvalue weighted by Crippen LogP contribution is -2.55. The van der Waals surface area contributed by atoms with Crippen LogP contribution in [0.1, 0.15) is 40.7 Å². The lowest BCUT2D eigenvalue weighted by Gasteiger charge is -2.37. The zero-order valence-corrected chi connectivity index (χ0v) is 52.5. The molecule has 69 heavy (non-hydrogen) atoms. The monoisotopic (exact) mass is 1100 g/mol. The lowest BCUT2D eigenvalue weighted by atomic mass is 10.2. The summed E-state index contributed by atoms with van der Waals surface area (Å²) >= 11 is 0. The molecular formula is C47H106N2O13Si7. The first-order valence-electron chi connectivity index (χ1n) is 23.6. The fraction of sp³-hybridized carbons (Fsp3) is 0.745. The fourth-order valence-corrected chi connectivity index (χ4v) is 27.2. The second kappa shape index (κ2) is 39.8. The van der Waals surface area contributed by atoms with Crippen LogP contribution in [0.2, 0.25) is 77.6 Å². The molecule has 0 spiro atoms. The maximum Gasteiger partial charge on any atom is 0.527 e. The summed E-state index contributed by atoms with van der Waals surface area (Å²) in [6.45, 7) is 32.4. The number of hydrogen-bond donors (Lipinski definition) is 3. The van der Waals surface area contributed by atoms with Crippen molar-refractivity contribution in [1.29, 1.82) is 0 Å². The molecule has 0 atom stereocenters. The van der Waals surface area contributed by atoms with Gasteiger partial charge >= 0.3 is 34.7 Å². The minimum absolute atomic E-state index is 0. The molecule has 0 bridgehead atoms. The molecule has 15 nitrogen and oxygen atoms in total. The van der Waals surface area contributed by atoms with E-state index >= 15 is 0 Å². The highest BCUT2D eigenvalue weighted by molar-refractivity contribution is 6.90. The molecule has 0 aromatic heterocycles. The average Bonchev–Trinajstić information content (AvgIpc) is 3.31. The summed E-state index contributed by atoms with van der Waals surface area (Å²) in [6, 6.07) is 23.4. The third kappa shape index (κ3) is 35.2. The Hall–Kier alpha value is -0.642. The van der Waals surface area contributed by atoms with E-state index in [4.69, 9.17) is 58.6 Å². The minimum atomic E-state index is -2.93. The second-order valence-electron chi connectivity index (χ2n) is 18.8. The molecule has 3 N–H and O–H groups in total. The van der Waals surface area contributed by atoms with Crippen LogP contribution in [-0.2, 0) is 54.8 Å². The van der Waals surface area contributed by atoms with Crippen LogP contribution in [0.5, 0.6) is 0 Å². The third-order valence-corrected chi connectivity index (χ3v) is 31.5.